The highest BCUT2D eigenvalue weighted by Crippen LogP contribution is 2.25. The number of nitrogens with one attached hydrogen (secondary N) is 1. The summed E-state index contributed by atoms with van der Waals surface area (Å²) in [6.07, 6.45) is 3.47. The van der Waals surface area contributed by atoms with E-state index >= 15 is 0 Å². The molecule has 114 valence electrons. The molecule has 1 N–H and O–H groups in total. The summed E-state index contributed by atoms with van der Waals surface area (Å²) in [6.45, 7) is 11.1. The monoisotopic (exact) mass is 296 g/mol. The molecule has 0 saturated heterocycles. The number of nitrogens with zero attached hydrogens (tertiary/aromatic N) is 1. The summed E-state index contributed by atoms with van der Waals surface area (Å²) in [7, 11) is 0. The van der Waals surface area contributed by atoms with Gasteiger partial charge in [0.15, 0.2) is 0 Å². The second-order valence-electron chi connectivity index (χ2n) is 5.25. The molecule has 0 spiro atoms. The van der Waals surface area contributed by atoms with E-state index in [1.54, 1.807) is 0 Å². The molecule has 0 aromatic heterocycles. The Balaban J connectivity index is 2.67. The molecule has 0 aliphatic rings. The highest BCUT2D eigenvalue weighted by molar-refractivity contribution is 6.31. The predicted octanol–water partition coefficient (Wildman–Crippen LogP) is 4.50. The molecule has 0 saturated carbocycles. The van der Waals surface area contributed by atoms with E-state index in [-0.39, 0.29) is 0 Å². The lowest BCUT2D eigenvalue weighted by Crippen LogP contribution is -2.30. The van der Waals surface area contributed by atoms with E-state index in [2.05, 4.69) is 43.1 Å². The number of halogens is 1. The van der Waals surface area contributed by atoms with Crippen molar-refractivity contribution >= 4 is 11.6 Å². The fraction of sp³-hybridized carbons (Fsp3) is 0.647. The lowest BCUT2D eigenvalue weighted by atomic mass is 10.0. The highest BCUT2D eigenvalue weighted by atomic mass is 35.5. The molecular weight excluding hydrogens is 268 g/mol. The normalized spacial score (nSPS) is 12.8. The highest BCUT2D eigenvalue weighted by Gasteiger charge is 2.14. The number of hydrogen-bond donors (Lipinski definition) is 1. The van der Waals surface area contributed by atoms with Crippen LogP contribution in [0.5, 0.6) is 0 Å². The van der Waals surface area contributed by atoms with Crippen molar-refractivity contribution in [2.75, 3.05) is 26.2 Å². The smallest absolute Gasteiger partial charge is 0.0453 e. The largest absolute Gasteiger partial charge is 0.310 e. The van der Waals surface area contributed by atoms with E-state index in [0.29, 0.717) is 6.04 Å². The van der Waals surface area contributed by atoms with Crippen LogP contribution in [0.4, 0.5) is 0 Å². The topological polar surface area (TPSA) is 15.3 Å². The average molecular weight is 297 g/mol. The first kappa shape index (κ1) is 17.5. The Morgan fingerprint density at radius 1 is 1.10 bits per heavy atom. The maximum absolute atomic E-state index is 6.35. The number of rotatable bonds is 10. The van der Waals surface area contributed by atoms with Crippen molar-refractivity contribution in [3.63, 3.8) is 0 Å². The molecule has 1 unspecified atom stereocenters. The molecule has 0 heterocycles. The van der Waals surface area contributed by atoms with Crippen LogP contribution in [0.15, 0.2) is 24.3 Å². The van der Waals surface area contributed by atoms with Gasteiger partial charge >= 0.3 is 0 Å². The molecule has 1 rings (SSSR count). The summed E-state index contributed by atoms with van der Waals surface area (Å²) < 4.78 is 0. The third-order valence-electron chi connectivity index (χ3n) is 3.64. The summed E-state index contributed by atoms with van der Waals surface area (Å²) in [5.41, 5.74) is 1.23. The standard InChI is InChI=1S/C17H29ClN2/c1-4-12-19-17(11-14-20(6-3)13-5-2)15-9-7-8-10-16(15)18/h7-10,17,19H,4-6,11-14H2,1-3H3. The molecule has 0 aliphatic carbocycles. The van der Waals surface area contributed by atoms with Gasteiger partial charge in [0.25, 0.3) is 0 Å². The van der Waals surface area contributed by atoms with E-state index in [4.69, 9.17) is 11.6 Å². The lowest BCUT2D eigenvalue weighted by Gasteiger charge is -2.25. The van der Waals surface area contributed by atoms with Gasteiger partial charge in [0, 0.05) is 11.1 Å². The zero-order valence-electron chi connectivity index (χ0n) is 13.2. The van der Waals surface area contributed by atoms with Crippen molar-refractivity contribution < 1.29 is 0 Å². The van der Waals surface area contributed by atoms with Crippen LogP contribution >= 0.6 is 11.6 Å². The van der Waals surface area contributed by atoms with Crippen molar-refractivity contribution in [3.05, 3.63) is 34.9 Å². The zero-order chi connectivity index (χ0) is 14.8. The minimum atomic E-state index is 0.356. The third kappa shape index (κ3) is 5.82. The number of benzene rings is 1. The van der Waals surface area contributed by atoms with Gasteiger partial charge in [0.05, 0.1) is 0 Å². The molecule has 0 bridgehead atoms. The Kier molecular flexibility index (Phi) is 8.92. The van der Waals surface area contributed by atoms with Crippen LogP contribution in [-0.4, -0.2) is 31.1 Å². The van der Waals surface area contributed by atoms with Crippen LogP contribution in [-0.2, 0) is 0 Å². The second-order valence-corrected chi connectivity index (χ2v) is 5.66. The van der Waals surface area contributed by atoms with Crippen LogP contribution in [0.25, 0.3) is 0 Å². The summed E-state index contributed by atoms with van der Waals surface area (Å²) in [5.74, 6) is 0. The van der Waals surface area contributed by atoms with Crippen LogP contribution in [0.2, 0.25) is 5.02 Å². The molecule has 0 amide bonds. The maximum Gasteiger partial charge on any atom is 0.0453 e. The molecule has 0 fully saturated rings. The van der Waals surface area contributed by atoms with Gasteiger partial charge < -0.3 is 10.2 Å². The molecule has 0 aliphatic heterocycles. The molecular formula is C17H29ClN2. The quantitative estimate of drug-likeness (QED) is 0.684. The van der Waals surface area contributed by atoms with Crippen molar-refractivity contribution in [2.45, 2.75) is 46.1 Å². The Morgan fingerprint density at radius 2 is 1.85 bits per heavy atom. The Labute approximate surface area is 129 Å². The molecule has 2 nitrogen and oxygen atoms in total. The van der Waals surface area contributed by atoms with Gasteiger partial charge in [0.1, 0.15) is 0 Å². The van der Waals surface area contributed by atoms with Crippen molar-refractivity contribution in [2.24, 2.45) is 0 Å². The fourth-order valence-corrected chi connectivity index (χ4v) is 2.77. The van der Waals surface area contributed by atoms with Gasteiger partial charge in [-0.15, -0.1) is 0 Å². The van der Waals surface area contributed by atoms with Crippen LogP contribution in [0.1, 0.15) is 51.6 Å². The molecule has 3 heteroatoms. The van der Waals surface area contributed by atoms with E-state index in [9.17, 15) is 0 Å². The first-order valence-electron chi connectivity index (χ1n) is 7.93. The van der Waals surface area contributed by atoms with Crippen molar-refractivity contribution in [1.29, 1.82) is 0 Å². The van der Waals surface area contributed by atoms with Gasteiger partial charge in [-0.1, -0.05) is 50.6 Å². The molecule has 0 radical (unpaired) electrons. The van der Waals surface area contributed by atoms with Gasteiger partial charge in [-0.25, -0.2) is 0 Å². The van der Waals surface area contributed by atoms with E-state index in [1.165, 1.54) is 18.5 Å². The minimum absolute atomic E-state index is 0.356. The first-order valence-corrected chi connectivity index (χ1v) is 8.30. The molecule has 1 aromatic carbocycles. The Morgan fingerprint density at radius 3 is 2.45 bits per heavy atom. The Hall–Kier alpha value is -0.570. The summed E-state index contributed by atoms with van der Waals surface area (Å²) in [5, 5.41) is 4.51. The molecule has 20 heavy (non-hydrogen) atoms. The van der Waals surface area contributed by atoms with Crippen LogP contribution < -0.4 is 5.32 Å². The minimum Gasteiger partial charge on any atom is -0.310 e. The molecule has 1 atom stereocenters. The zero-order valence-corrected chi connectivity index (χ0v) is 13.9. The molecule has 1 aromatic rings. The van der Waals surface area contributed by atoms with Crippen molar-refractivity contribution in [1.82, 2.24) is 10.2 Å². The summed E-state index contributed by atoms with van der Waals surface area (Å²) in [6, 6.07) is 8.56. The van der Waals surface area contributed by atoms with Gasteiger partial charge in [-0.05, 0) is 57.1 Å². The second kappa shape index (κ2) is 10.2. The number of hydrogen-bond acceptors (Lipinski definition) is 2. The lowest BCUT2D eigenvalue weighted by molar-refractivity contribution is 0.269. The average Bonchev–Trinajstić information content (AvgIpc) is 2.47. The first-order chi connectivity index (χ1) is 9.72. The van der Waals surface area contributed by atoms with Crippen LogP contribution in [0, 0.1) is 0 Å². The predicted molar refractivity (Wildman–Crippen MR) is 89.5 cm³/mol. The van der Waals surface area contributed by atoms with Gasteiger partial charge in [-0.2, -0.15) is 0 Å². The van der Waals surface area contributed by atoms with E-state index in [1.807, 2.05) is 12.1 Å². The summed E-state index contributed by atoms with van der Waals surface area (Å²) >= 11 is 6.35. The van der Waals surface area contributed by atoms with Gasteiger partial charge in [-0.3, -0.25) is 0 Å². The third-order valence-corrected chi connectivity index (χ3v) is 3.99. The Bertz CT molecular complexity index is 368. The fourth-order valence-electron chi connectivity index (χ4n) is 2.50. The van der Waals surface area contributed by atoms with Crippen LogP contribution in [0.3, 0.4) is 0 Å². The maximum atomic E-state index is 6.35. The summed E-state index contributed by atoms with van der Waals surface area (Å²) in [4.78, 5) is 2.51. The van der Waals surface area contributed by atoms with Crippen molar-refractivity contribution in [3.8, 4) is 0 Å². The van der Waals surface area contributed by atoms with Gasteiger partial charge in [0.2, 0.25) is 0 Å². The SMILES string of the molecule is CCCNC(CCN(CC)CCC)c1ccccc1Cl. The van der Waals surface area contributed by atoms with E-state index in [0.717, 1.165) is 37.5 Å². The van der Waals surface area contributed by atoms with E-state index < -0.39 is 0 Å².